The van der Waals surface area contributed by atoms with Crippen LogP contribution in [0.15, 0.2) is 0 Å². The summed E-state index contributed by atoms with van der Waals surface area (Å²) in [6, 6.07) is -1.62. The Morgan fingerprint density at radius 1 is 1.47 bits per heavy atom. The zero-order chi connectivity index (χ0) is 12.1. The number of nitrogens with one attached hydrogen (secondary N) is 1. The number of rotatable bonds is 4. The van der Waals surface area contributed by atoms with E-state index in [2.05, 4.69) is 5.92 Å². The number of alkyl halides is 3. The van der Waals surface area contributed by atoms with E-state index in [0.29, 0.717) is 0 Å². The Bertz CT molecular complexity index is 292. The van der Waals surface area contributed by atoms with Crippen LogP contribution >= 0.6 is 0 Å². The second-order valence-corrected chi connectivity index (χ2v) is 2.60. The van der Waals surface area contributed by atoms with Crippen LogP contribution < -0.4 is 5.32 Å². The van der Waals surface area contributed by atoms with Gasteiger partial charge in [0.1, 0.15) is 6.04 Å². The number of hydrogen-bond donors (Lipinski definition) is 2. The molecule has 0 aromatic heterocycles. The van der Waals surface area contributed by atoms with Gasteiger partial charge in [-0.2, -0.15) is 13.2 Å². The van der Waals surface area contributed by atoms with Crippen LogP contribution in [-0.2, 0) is 9.59 Å². The van der Waals surface area contributed by atoms with Crippen molar-refractivity contribution in [3.05, 3.63) is 0 Å². The molecule has 15 heavy (non-hydrogen) atoms. The molecule has 0 aromatic carbocycles. The van der Waals surface area contributed by atoms with Gasteiger partial charge in [-0.15, -0.1) is 12.3 Å². The fraction of sp³-hybridized carbons (Fsp3) is 0.500. The third kappa shape index (κ3) is 4.90. The van der Waals surface area contributed by atoms with E-state index in [-0.39, 0.29) is 12.8 Å². The highest BCUT2D eigenvalue weighted by atomic mass is 19.4. The molecule has 0 heterocycles. The molecule has 84 valence electrons. The van der Waals surface area contributed by atoms with Crippen LogP contribution in [0.5, 0.6) is 0 Å². The van der Waals surface area contributed by atoms with Gasteiger partial charge in [-0.3, -0.25) is 4.79 Å². The van der Waals surface area contributed by atoms with Crippen molar-refractivity contribution in [2.45, 2.75) is 25.1 Å². The normalized spacial score (nSPS) is 12.7. The summed E-state index contributed by atoms with van der Waals surface area (Å²) < 4.78 is 35.2. The van der Waals surface area contributed by atoms with Crippen LogP contribution in [0, 0.1) is 12.3 Å². The van der Waals surface area contributed by atoms with Gasteiger partial charge in [0.25, 0.3) is 0 Å². The monoisotopic (exact) mass is 223 g/mol. The second-order valence-electron chi connectivity index (χ2n) is 2.60. The Morgan fingerprint density at radius 2 is 2.00 bits per heavy atom. The highest BCUT2D eigenvalue weighted by Crippen LogP contribution is 2.15. The van der Waals surface area contributed by atoms with Crippen LogP contribution in [0.3, 0.4) is 0 Å². The van der Waals surface area contributed by atoms with Crippen molar-refractivity contribution in [1.82, 2.24) is 5.32 Å². The number of aliphatic carboxylic acids is 1. The second kappa shape index (κ2) is 5.24. The van der Waals surface area contributed by atoms with Crippen LogP contribution in [0.25, 0.3) is 0 Å². The van der Waals surface area contributed by atoms with Crippen LogP contribution in [-0.4, -0.2) is 29.2 Å². The molecular formula is C8H8F3NO3. The molecule has 2 N–H and O–H groups in total. The number of amides is 1. The van der Waals surface area contributed by atoms with Gasteiger partial charge in [0.15, 0.2) is 0 Å². The molecule has 0 aliphatic heterocycles. The van der Waals surface area contributed by atoms with Crippen molar-refractivity contribution in [3.8, 4) is 12.3 Å². The molecule has 1 atom stereocenters. The Kier molecular flexibility index (Phi) is 4.64. The smallest absolute Gasteiger partial charge is 0.471 e. The SMILES string of the molecule is C#CCC[C@@H](NC(=O)C(F)(F)F)C(=O)O. The van der Waals surface area contributed by atoms with E-state index < -0.39 is 24.1 Å². The summed E-state index contributed by atoms with van der Waals surface area (Å²) in [5.74, 6) is -1.77. The number of carboxylic acid groups (broad SMARTS) is 1. The van der Waals surface area contributed by atoms with Gasteiger partial charge in [0.2, 0.25) is 0 Å². The highest BCUT2D eigenvalue weighted by molar-refractivity contribution is 5.86. The average molecular weight is 223 g/mol. The molecule has 7 heteroatoms. The topological polar surface area (TPSA) is 66.4 Å². The molecule has 0 unspecified atom stereocenters. The predicted octanol–water partition coefficient (Wildman–Crippen LogP) is 0.531. The molecular weight excluding hydrogens is 215 g/mol. The van der Waals surface area contributed by atoms with E-state index in [1.54, 1.807) is 0 Å². The molecule has 4 nitrogen and oxygen atoms in total. The van der Waals surface area contributed by atoms with E-state index in [0.717, 1.165) is 0 Å². The fourth-order valence-electron chi connectivity index (χ4n) is 0.725. The Morgan fingerprint density at radius 3 is 2.33 bits per heavy atom. The summed E-state index contributed by atoms with van der Waals surface area (Å²) in [7, 11) is 0. The maximum Gasteiger partial charge on any atom is 0.471 e. The van der Waals surface area contributed by atoms with Gasteiger partial charge in [-0.05, 0) is 6.42 Å². The Hall–Kier alpha value is -1.71. The van der Waals surface area contributed by atoms with Gasteiger partial charge in [-0.1, -0.05) is 0 Å². The third-order valence-electron chi connectivity index (χ3n) is 1.44. The van der Waals surface area contributed by atoms with Crippen molar-refractivity contribution in [3.63, 3.8) is 0 Å². The lowest BCUT2D eigenvalue weighted by molar-refractivity contribution is -0.175. The number of halogens is 3. The van der Waals surface area contributed by atoms with Crippen LogP contribution in [0.4, 0.5) is 13.2 Å². The van der Waals surface area contributed by atoms with E-state index in [9.17, 15) is 22.8 Å². The van der Waals surface area contributed by atoms with Gasteiger partial charge in [0.05, 0.1) is 0 Å². The molecule has 0 radical (unpaired) electrons. The van der Waals surface area contributed by atoms with Gasteiger partial charge in [-0.25, -0.2) is 4.79 Å². The fourth-order valence-corrected chi connectivity index (χ4v) is 0.725. The molecule has 0 aliphatic carbocycles. The number of carbonyl (C=O) groups is 2. The first-order valence-corrected chi connectivity index (χ1v) is 3.83. The molecule has 0 fully saturated rings. The van der Waals surface area contributed by atoms with E-state index in [1.807, 2.05) is 0 Å². The molecule has 0 saturated heterocycles. The van der Waals surface area contributed by atoms with E-state index in [4.69, 9.17) is 11.5 Å². The standard InChI is InChI=1S/C8H8F3NO3/c1-2-3-4-5(6(13)14)12-7(15)8(9,10)11/h1,5H,3-4H2,(H,12,15)(H,13,14)/t5-/m1/s1. The first-order chi connectivity index (χ1) is 6.79. The summed E-state index contributed by atoms with van der Waals surface area (Å²) in [5.41, 5.74) is 0. The number of carboxylic acids is 1. The average Bonchev–Trinajstić information content (AvgIpc) is 2.09. The summed E-state index contributed by atoms with van der Waals surface area (Å²) in [4.78, 5) is 20.8. The first-order valence-electron chi connectivity index (χ1n) is 3.83. The van der Waals surface area contributed by atoms with Gasteiger partial charge >= 0.3 is 18.1 Å². The van der Waals surface area contributed by atoms with Crippen molar-refractivity contribution in [2.75, 3.05) is 0 Å². The maximum absolute atomic E-state index is 11.7. The van der Waals surface area contributed by atoms with E-state index >= 15 is 0 Å². The molecule has 0 rings (SSSR count). The van der Waals surface area contributed by atoms with Crippen LogP contribution in [0.1, 0.15) is 12.8 Å². The van der Waals surface area contributed by atoms with Crippen molar-refractivity contribution in [1.29, 1.82) is 0 Å². The summed E-state index contributed by atoms with van der Waals surface area (Å²) >= 11 is 0. The predicted molar refractivity (Wildman–Crippen MR) is 43.7 cm³/mol. The molecule has 0 spiro atoms. The molecule has 0 aliphatic rings. The number of carbonyl (C=O) groups excluding carboxylic acids is 1. The largest absolute Gasteiger partial charge is 0.480 e. The Labute approximate surface area is 83.5 Å². The number of terminal acetylenes is 1. The zero-order valence-corrected chi connectivity index (χ0v) is 7.47. The van der Waals surface area contributed by atoms with Crippen LogP contribution in [0.2, 0.25) is 0 Å². The summed E-state index contributed by atoms with van der Waals surface area (Å²) in [6.07, 6.45) is -0.553. The van der Waals surface area contributed by atoms with E-state index in [1.165, 1.54) is 5.32 Å². The maximum atomic E-state index is 11.7. The minimum absolute atomic E-state index is 0.0326. The lowest BCUT2D eigenvalue weighted by atomic mass is 10.1. The van der Waals surface area contributed by atoms with Crippen molar-refractivity contribution in [2.24, 2.45) is 0 Å². The minimum atomic E-state index is -5.09. The quantitative estimate of drug-likeness (QED) is 0.683. The molecule has 0 saturated carbocycles. The number of hydrogen-bond acceptors (Lipinski definition) is 2. The molecule has 0 aromatic rings. The first kappa shape index (κ1) is 13.3. The van der Waals surface area contributed by atoms with Gasteiger partial charge < -0.3 is 10.4 Å². The zero-order valence-electron chi connectivity index (χ0n) is 7.47. The Balaban J connectivity index is 4.37. The van der Waals surface area contributed by atoms with Gasteiger partial charge in [0, 0.05) is 6.42 Å². The molecule has 0 bridgehead atoms. The lowest BCUT2D eigenvalue weighted by Gasteiger charge is -2.14. The lowest BCUT2D eigenvalue weighted by Crippen LogP contribution is -2.46. The molecule has 1 amide bonds. The van der Waals surface area contributed by atoms with Crippen molar-refractivity contribution >= 4 is 11.9 Å². The summed E-state index contributed by atoms with van der Waals surface area (Å²) in [5, 5.41) is 9.80. The van der Waals surface area contributed by atoms with Crippen molar-refractivity contribution < 1.29 is 27.9 Å². The minimum Gasteiger partial charge on any atom is -0.480 e. The third-order valence-corrected chi connectivity index (χ3v) is 1.44. The highest BCUT2D eigenvalue weighted by Gasteiger charge is 2.40. The summed E-state index contributed by atoms with van der Waals surface area (Å²) in [6.45, 7) is 0.